The van der Waals surface area contributed by atoms with Crippen LogP contribution in [-0.4, -0.2) is 39.3 Å². The molecule has 2 radical (unpaired) electrons. The van der Waals surface area contributed by atoms with E-state index in [1.54, 1.807) is 12.7 Å². The molecule has 4 aromatic rings. The number of carboxylic acids is 4. The van der Waals surface area contributed by atoms with Gasteiger partial charge in [-0.05, 0) is 22.3 Å². The van der Waals surface area contributed by atoms with E-state index in [9.17, 15) is 49.8 Å². The van der Waals surface area contributed by atoms with Crippen molar-refractivity contribution in [1.29, 1.82) is 0 Å². The molecule has 0 aliphatic carbocycles. The van der Waals surface area contributed by atoms with Gasteiger partial charge in [-0.15, -0.1) is 0 Å². The van der Waals surface area contributed by atoms with Crippen molar-refractivity contribution < 1.29 is 99.4 Å². The fourth-order valence-corrected chi connectivity index (χ4v) is 2.20. The Kier molecular flexibility index (Phi) is 20.3. The SMILES string of the molecule is O.O=C([O-])c1cccc(C(=O)[O-])c1[O-].O=C([O-])c1cccc(C(=O)[O-])c1[O-].[Cu+2].[Cu+2].c1c[nH+]c[nH]1.c1c[nH+]c[nH]1. The van der Waals surface area contributed by atoms with Crippen LogP contribution in [0.25, 0.3) is 0 Å². The van der Waals surface area contributed by atoms with Crippen molar-refractivity contribution in [2.24, 2.45) is 0 Å². The first-order valence-electron chi connectivity index (χ1n) is 9.51. The molecule has 2 aromatic heterocycles. The third kappa shape index (κ3) is 13.5. The van der Waals surface area contributed by atoms with Crippen molar-refractivity contribution in [1.82, 2.24) is 9.97 Å². The number of aromatic nitrogens is 4. The van der Waals surface area contributed by atoms with Crippen molar-refractivity contribution in [3.05, 3.63) is 96.1 Å². The van der Waals surface area contributed by atoms with Crippen LogP contribution in [0, 0.1) is 0 Å². The van der Waals surface area contributed by atoms with Gasteiger partial charge in [-0.25, -0.2) is 0 Å². The van der Waals surface area contributed by atoms with Gasteiger partial charge in [0.2, 0.25) is 12.7 Å². The number of hydrogen-bond acceptors (Lipinski definition) is 10. The molecular formula is C22H18Cu2N4O11. The van der Waals surface area contributed by atoms with Crippen molar-refractivity contribution >= 4 is 23.9 Å². The van der Waals surface area contributed by atoms with Crippen LogP contribution in [0.4, 0.5) is 0 Å². The number of carboxylic acid groups (broad SMARTS) is 4. The molecule has 0 amide bonds. The molecule has 0 atom stereocenters. The minimum atomic E-state index is -1.70. The number of H-pyrrole nitrogens is 4. The van der Waals surface area contributed by atoms with Crippen molar-refractivity contribution in [3.8, 4) is 11.5 Å². The van der Waals surface area contributed by atoms with Crippen LogP contribution in [0.1, 0.15) is 41.4 Å². The molecular weight excluding hydrogens is 623 g/mol. The average Bonchev–Trinajstić information content (AvgIpc) is 3.58. The summed E-state index contributed by atoms with van der Waals surface area (Å²) in [7, 11) is 0. The maximum Gasteiger partial charge on any atom is 2.00 e. The van der Waals surface area contributed by atoms with Gasteiger partial charge in [-0.2, -0.15) is 0 Å². The summed E-state index contributed by atoms with van der Waals surface area (Å²) in [4.78, 5) is 52.3. The van der Waals surface area contributed by atoms with Gasteiger partial charge in [0.05, 0.1) is 23.9 Å². The Morgan fingerprint density at radius 1 is 0.564 bits per heavy atom. The fourth-order valence-electron chi connectivity index (χ4n) is 2.20. The number of carbonyl (C=O) groups is 4. The Morgan fingerprint density at radius 3 is 0.949 bits per heavy atom. The summed E-state index contributed by atoms with van der Waals surface area (Å²) in [6.07, 6.45) is 10.8. The molecule has 0 unspecified atom stereocenters. The van der Waals surface area contributed by atoms with E-state index in [0.29, 0.717) is 0 Å². The van der Waals surface area contributed by atoms with E-state index in [-0.39, 0.29) is 39.6 Å². The molecule has 0 saturated carbocycles. The van der Waals surface area contributed by atoms with Crippen molar-refractivity contribution in [2.45, 2.75) is 0 Å². The third-order valence-electron chi connectivity index (χ3n) is 3.79. The maximum atomic E-state index is 11.0. The van der Waals surface area contributed by atoms with Crippen LogP contribution in [0.15, 0.2) is 73.8 Å². The van der Waals surface area contributed by atoms with Crippen molar-refractivity contribution in [2.75, 3.05) is 0 Å². The normalized spacial score (nSPS) is 8.41. The number of imidazole rings is 2. The maximum absolute atomic E-state index is 11.0. The minimum absolute atomic E-state index is 0. The van der Waals surface area contributed by atoms with E-state index in [0.717, 1.165) is 36.4 Å². The number of rotatable bonds is 4. The summed E-state index contributed by atoms with van der Waals surface area (Å²) in [5.41, 5.74) is -2.72. The third-order valence-corrected chi connectivity index (χ3v) is 3.79. The van der Waals surface area contributed by atoms with E-state index < -0.39 is 57.6 Å². The number of aromatic amines is 4. The van der Waals surface area contributed by atoms with Gasteiger partial charge in [0.25, 0.3) is 0 Å². The van der Waals surface area contributed by atoms with Gasteiger partial charge in [-0.3, -0.25) is 19.9 Å². The number of hydrogen-bond donors (Lipinski definition) is 2. The van der Waals surface area contributed by atoms with E-state index >= 15 is 0 Å². The second-order valence-corrected chi connectivity index (χ2v) is 6.14. The first-order valence-corrected chi connectivity index (χ1v) is 9.51. The molecule has 4 rings (SSSR count). The Bertz CT molecular complexity index is 1090. The summed E-state index contributed by atoms with van der Waals surface area (Å²) in [5.74, 6) is -8.99. The molecule has 2 heterocycles. The molecule has 39 heavy (non-hydrogen) atoms. The van der Waals surface area contributed by atoms with Crippen LogP contribution >= 0.6 is 0 Å². The van der Waals surface area contributed by atoms with Crippen molar-refractivity contribution in [3.63, 3.8) is 0 Å². The molecule has 0 aliphatic rings. The zero-order valence-corrected chi connectivity index (χ0v) is 21.0. The zero-order chi connectivity index (χ0) is 27.1. The smallest absolute Gasteiger partial charge is 0.872 e. The standard InChI is InChI=1S/2C8H6O5.2C3H4N2.2Cu.H2O/c2*9-6-4(7(10)11)2-1-3-5(6)8(12)13;2*1-2-5-3-4-1;;;/h2*1-3,9H,(H,10,11)(H,12,13);2*1-3H,(H,4,5);;;1H2/q;;;;2*+2;/p-4. The Morgan fingerprint density at radius 2 is 0.821 bits per heavy atom. The predicted octanol–water partition coefficient (Wildman–Crippen LogP) is -6.20. The van der Waals surface area contributed by atoms with Crippen LogP contribution in [0.3, 0.4) is 0 Å². The Labute approximate surface area is 240 Å². The summed E-state index contributed by atoms with van der Waals surface area (Å²) in [6.45, 7) is 0. The van der Waals surface area contributed by atoms with Gasteiger partial charge in [-0.1, -0.05) is 47.9 Å². The number of carbonyl (C=O) groups excluding carboxylic acids is 4. The molecule has 2 aromatic carbocycles. The van der Waals surface area contributed by atoms with Gasteiger partial charge in [0.1, 0.15) is 24.8 Å². The molecule has 214 valence electrons. The van der Waals surface area contributed by atoms with Gasteiger partial charge < -0.3 is 55.3 Å². The Hall–Kier alpha value is -4.66. The molecule has 0 fully saturated rings. The fraction of sp³-hybridized carbons (Fsp3) is 0. The van der Waals surface area contributed by atoms with Crippen LogP contribution in [0.5, 0.6) is 11.5 Å². The summed E-state index contributed by atoms with van der Waals surface area (Å²) in [5, 5.41) is 63.1. The monoisotopic (exact) mass is 640 g/mol. The first kappa shape index (κ1) is 38.9. The van der Waals surface area contributed by atoms with E-state index in [2.05, 4.69) is 19.9 Å². The number of nitrogens with one attached hydrogen (secondary N) is 4. The molecule has 0 spiro atoms. The van der Waals surface area contributed by atoms with E-state index in [1.165, 1.54) is 0 Å². The van der Waals surface area contributed by atoms with Gasteiger partial charge in [0.15, 0.2) is 0 Å². The number of aromatic carboxylic acids is 4. The largest absolute Gasteiger partial charge is 2.00 e. The molecule has 17 heteroatoms. The topological polar surface area (TPSA) is 298 Å². The minimum Gasteiger partial charge on any atom is -0.872 e. The van der Waals surface area contributed by atoms with Crippen LogP contribution < -0.4 is 40.6 Å². The Balaban J connectivity index is -0.000000466. The summed E-state index contributed by atoms with van der Waals surface area (Å²) in [6, 6.07) is 6.18. The van der Waals surface area contributed by atoms with Gasteiger partial charge in [0, 0.05) is 0 Å². The number of benzene rings is 2. The molecule has 0 bridgehead atoms. The second-order valence-electron chi connectivity index (χ2n) is 6.14. The van der Waals surface area contributed by atoms with Crippen LogP contribution in [-0.2, 0) is 34.1 Å². The second kappa shape index (κ2) is 20.4. The average molecular weight is 641 g/mol. The molecule has 15 nitrogen and oxygen atoms in total. The summed E-state index contributed by atoms with van der Waals surface area (Å²) < 4.78 is 0. The van der Waals surface area contributed by atoms with E-state index in [1.807, 2.05) is 24.8 Å². The molecule has 6 N–H and O–H groups in total. The van der Waals surface area contributed by atoms with E-state index in [4.69, 9.17) is 0 Å². The predicted molar refractivity (Wildman–Crippen MR) is 107 cm³/mol. The van der Waals surface area contributed by atoms with Gasteiger partial charge >= 0.3 is 34.1 Å². The quantitative estimate of drug-likeness (QED) is 0.199. The molecule has 0 saturated heterocycles. The summed E-state index contributed by atoms with van der Waals surface area (Å²) >= 11 is 0. The number of para-hydroxylation sites is 2. The zero-order valence-electron chi connectivity index (χ0n) is 19.1. The molecule has 0 aliphatic heterocycles. The first-order chi connectivity index (χ1) is 17.1. The van der Waals surface area contributed by atoms with Crippen LogP contribution in [0.2, 0.25) is 0 Å².